The van der Waals surface area contributed by atoms with Crippen LogP contribution in [-0.2, 0) is 10.0 Å². The fourth-order valence-corrected chi connectivity index (χ4v) is 3.58. The number of benzene rings is 2. The normalized spacial score (nSPS) is 11.0. The van der Waals surface area contributed by atoms with Gasteiger partial charge in [-0.1, -0.05) is 35.9 Å². The Hall–Kier alpha value is -3.64. The molecule has 1 heterocycles. The van der Waals surface area contributed by atoms with E-state index in [1.54, 1.807) is 36.4 Å². The van der Waals surface area contributed by atoms with Gasteiger partial charge >= 0.3 is 0 Å². The minimum atomic E-state index is -3.84. The zero-order chi connectivity index (χ0) is 19.6. The molecule has 3 rings (SSSR count). The minimum absolute atomic E-state index is 0.0196. The average Bonchev–Trinajstić information content (AvgIpc) is 2.61. The lowest BCUT2D eigenvalue weighted by Crippen LogP contribution is -2.14. The standard InChI is InChI=1S/C18H16N6O2S/c1-11-6-8-12(9-7-11)27(25,26)24-15-5-3-2-4-13(15)16-14(10-19)17(20)23-18(21)22-16/h2-9,24H,1H3,(H4,20,21,22,23). The van der Waals surface area contributed by atoms with Crippen LogP contribution >= 0.6 is 0 Å². The fraction of sp³-hybridized carbons (Fsp3) is 0.0556. The van der Waals surface area contributed by atoms with Gasteiger partial charge in [0.1, 0.15) is 17.5 Å². The summed E-state index contributed by atoms with van der Waals surface area (Å²) in [5.74, 6) is -0.186. The summed E-state index contributed by atoms with van der Waals surface area (Å²) < 4.78 is 28.0. The Morgan fingerprint density at radius 2 is 1.70 bits per heavy atom. The minimum Gasteiger partial charge on any atom is -0.382 e. The van der Waals surface area contributed by atoms with Gasteiger partial charge < -0.3 is 11.5 Å². The number of nitrogens with zero attached hydrogens (tertiary/aromatic N) is 3. The number of anilines is 3. The molecular formula is C18H16N6O2S. The van der Waals surface area contributed by atoms with Crippen LogP contribution in [0.5, 0.6) is 0 Å². The molecule has 0 spiro atoms. The van der Waals surface area contributed by atoms with Crippen LogP contribution in [0.15, 0.2) is 53.4 Å². The van der Waals surface area contributed by atoms with E-state index in [9.17, 15) is 13.7 Å². The Morgan fingerprint density at radius 1 is 1.04 bits per heavy atom. The molecule has 1 aromatic heterocycles. The van der Waals surface area contributed by atoms with Crippen LogP contribution in [0.25, 0.3) is 11.3 Å². The van der Waals surface area contributed by atoms with Crippen molar-refractivity contribution in [3.05, 3.63) is 59.7 Å². The van der Waals surface area contributed by atoms with Crippen molar-refractivity contribution < 1.29 is 8.42 Å². The molecule has 5 N–H and O–H groups in total. The molecule has 0 aliphatic rings. The van der Waals surface area contributed by atoms with E-state index in [1.807, 2.05) is 13.0 Å². The largest absolute Gasteiger partial charge is 0.382 e. The van der Waals surface area contributed by atoms with Crippen LogP contribution in [0.1, 0.15) is 11.1 Å². The number of sulfonamides is 1. The van der Waals surface area contributed by atoms with Crippen molar-refractivity contribution in [2.24, 2.45) is 0 Å². The van der Waals surface area contributed by atoms with E-state index in [0.717, 1.165) is 5.56 Å². The van der Waals surface area contributed by atoms with Crippen molar-refractivity contribution >= 4 is 27.5 Å². The molecule has 136 valence electrons. The lowest BCUT2D eigenvalue weighted by molar-refractivity contribution is 0.601. The molecule has 0 aliphatic heterocycles. The average molecular weight is 380 g/mol. The molecular weight excluding hydrogens is 364 g/mol. The highest BCUT2D eigenvalue weighted by atomic mass is 32.2. The molecule has 0 fully saturated rings. The predicted molar refractivity (Wildman–Crippen MR) is 103 cm³/mol. The first-order valence-electron chi connectivity index (χ1n) is 7.84. The molecule has 0 saturated carbocycles. The van der Waals surface area contributed by atoms with Gasteiger partial charge in [-0.05, 0) is 25.1 Å². The zero-order valence-corrected chi connectivity index (χ0v) is 15.2. The maximum absolute atomic E-state index is 12.7. The monoisotopic (exact) mass is 380 g/mol. The molecule has 9 heteroatoms. The van der Waals surface area contributed by atoms with Crippen LogP contribution in [-0.4, -0.2) is 18.4 Å². The molecule has 8 nitrogen and oxygen atoms in total. The Labute approximate surface area is 156 Å². The van der Waals surface area contributed by atoms with E-state index in [4.69, 9.17) is 11.5 Å². The maximum atomic E-state index is 12.7. The number of nitrogens with one attached hydrogen (secondary N) is 1. The predicted octanol–water partition coefficient (Wildman–Crippen LogP) is 2.29. The van der Waals surface area contributed by atoms with Crippen molar-refractivity contribution in [3.8, 4) is 17.3 Å². The summed E-state index contributed by atoms with van der Waals surface area (Å²) in [5.41, 5.74) is 13.1. The first kappa shape index (κ1) is 18.2. The highest BCUT2D eigenvalue weighted by Crippen LogP contribution is 2.32. The number of nitrogens with two attached hydrogens (primary N) is 2. The first-order chi connectivity index (χ1) is 12.8. The number of nitrogen functional groups attached to an aromatic ring is 2. The zero-order valence-electron chi connectivity index (χ0n) is 14.3. The summed E-state index contributed by atoms with van der Waals surface area (Å²) in [6.07, 6.45) is 0. The van der Waals surface area contributed by atoms with E-state index in [-0.39, 0.29) is 33.6 Å². The van der Waals surface area contributed by atoms with Crippen LogP contribution in [0.4, 0.5) is 17.5 Å². The summed E-state index contributed by atoms with van der Waals surface area (Å²) in [4.78, 5) is 7.97. The smallest absolute Gasteiger partial charge is 0.261 e. The molecule has 0 atom stereocenters. The molecule has 3 aromatic rings. The van der Waals surface area contributed by atoms with E-state index in [1.165, 1.54) is 12.1 Å². The fourth-order valence-electron chi connectivity index (χ4n) is 2.50. The number of hydrogen-bond acceptors (Lipinski definition) is 7. The van der Waals surface area contributed by atoms with Gasteiger partial charge in [0.25, 0.3) is 10.0 Å². The topological polar surface area (TPSA) is 148 Å². The van der Waals surface area contributed by atoms with Gasteiger partial charge in [-0.2, -0.15) is 10.2 Å². The molecule has 0 radical (unpaired) electrons. The van der Waals surface area contributed by atoms with Crippen molar-refractivity contribution in [2.45, 2.75) is 11.8 Å². The second-order valence-corrected chi connectivity index (χ2v) is 7.45. The quantitative estimate of drug-likeness (QED) is 0.629. The Kier molecular flexibility index (Phi) is 4.66. The summed E-state index contributed by atoms with van der Waals surface area (Å²) >= 11 is 0. The van der Waals surface area contributed by atoms with E-state index in [2.05, 4.69) is 14.7 Å². The lowest BCUT2D eigenvalue weighted by atomic mass is 10.1. The second-order valence-electron chi connectivity index (χ2n) is 5.77. The third-order valence-corrected chi connectivity index (χ3v) is 5.21. The molecule has 0 saturated heterocycles. The molecule has 0 amide bonds. The molecule has 0 aliphatic carbocycles. The number of hydrogen-bond donors (Lipinski definition) is 3. The second kappa shape index (κ2) is 6.93. The highest BCUT2D eigenvalue weighted by molar-refractivity contribution is 7.92. The van der Waals surface area contributed by atoms with Gasteiger partial charge in [-0.25, -0.2) is 13.4 Å². The molecule has 27 heavy (non-hydrogen) atoms. The maximum Gasteiger partial charge on any atom is 0.261 e. The molecule has 0 unspecified atom stereocenters. The van der Waals surface area contributed by atoms with E-state index >= 15 is 0 Å². The summed E-state index contributed by atoms with van der Waals surface area (Å²) in [7, 11) is -3.84. The van der Waals surface area contributed by atoms with Gasteiger partial charge in [0, 0.05) is 5.56 Å². The van der Waals surface area contributed by atoms with Gasteiger partial charge in [0.15, 0.2) is 0 Å². The van der Waals surface area contributed by atoms with Crippen LogP contribution in [0, 0.1) is 18.3 Å². The molecule has 2 aromatic carbocycles. The Morgan fingerprint density at radius 3 is 2.37 bits per heavy atom. The number of aryl methyl sites for hydroxylation is 1. The SMILES string of the molecule is Cc1ccc(S(=O)(=O)Nc2ccccc2-c2nc(N)nc(N)c2C#N)cc1. The van der Waals surface area contributed by atoms with Crippen molar-refractivity contribution in [2.75, 3.05) is 16.2 Å². The van der Waals surface area contributed by atoms with Crippen molar-refractivity contribution in [1.82, 2.24) is 9.97 Å². The van der Waals surface area contributed by atoms with Crippen molar-refractivity contribution in [3.63, 3.8) is 0 Å². The number of nitriles is 1. The first-order valence-corrected chi connectivity index (χ1v) is 9.32. The Balaban J connectivity index is 2.11. The van der Waals surface area contributed by atoms with Gasteiger partial charge in [0.05, 0.1) is 16.3 Å². The third kappa shape index (κ3) is 3.65. The Bertz CT molecular complexity index is 1150. The van der Waals surface area contributed by atoms with Gasteiger partial charge in [-0.15, -0.1) is 0 Å². The van der Waals surface area contributed by atoms with E-state index < -0.39 is 10.0 Å². The van der Waals surface area contributed by atoms with Crippen LogP contribution < -0.4 is 16.2 Å². The number of aromatic nitrogens is 2. The highest BCUT2D eigenvalue weighted by Gasteiger charge is 2.20. The number of para-hydroxylation sites is 1. The van der Waals surface area contributed by atoms with Crippen molar-refractivity contribution in [1.29, 1.82) is 5.26 Å². The van der Waals surface area contributed by atoms with E-state index in [0.29, 0.717) is 5.56 Å². The van der Waals surface area contributed by atoms with Gasteiger partial charge in [-0.3, -0.25) is 4.72 Å². The van der Waals surface area contributed by atoms with Gasteiger partial charge in [0.2, 0.25) is 5.95 Å². The summed E-state index contributed by atoms with van der Waals surface area (Å²) in [6.45, 7) is 1.87. The summed E-state index contributed by atoms with van der Waals surface area (Å²) in [5, 5.41) is 9.39. The van der Waals surface area contributed by atoms with Crippen LogP contribution in [0.2, 0.25) is 0 Å². The van der Waals surface area contributed by atoms with Crippen LogP contribution in [0.3, 0.4) is 0 Å². The number of rotatable bonds is 4. The molecule has 0 bridgehead atoms. The summed E-state index contributed by atoms with van der Waals surface area (Å²) in [6, 6.07) is 14.9. The third-order valence-electron chi connectivity index (χ3n) is 3.82. The lowest BCUT2D eigenvalue weighted by Gasteiger charge is -2.14.